The Morgan fingerprint density at radius 2 is 1.57 bits per heavy atom. The number of nitrogens with one attached hydrogen (secondary N) is 1. The van der Waals surface area contributed by atoms with Gasteiger partial charge in [0.25, 0.3) is 0 Å². The number of rotatable bonds is 5. The van der Waals surface area contributed by atoms with Crippen molar-refractivity contribution in [1.29, 1.82) is 0 Å². The Balaban J connectivity index is 2.08. The van der Waals surface area contributed by atoms with Crippen LogP contribution in [-0.4, -0.2) is 43.7 Å². The van der Waals surface area contributed by atoms with Crippen LogP contribution < -0.4 is 10.1 Å². The van der Waals surface area contributed by atoms with Crippen LogP contribution in [0.3, 0.4) is 0 Å². The van der Waals surface area contributed by atoms with Crippen molar-refractivity contribution in [2.75, 3.05) is 5.32 Å². The molecule has 0 aliphatic carbocycles. The summed E-state index contributed by atoms with van der Waals surface area (Å²) in [6.07, 6.45) is -16.6. The average molecular weight is 516 g/mol. The number of hydrogen-bond acceptors (Lipinski definition) is 5. The molecular formula is C19H13F9N4O3. The van der Waals surface area contributed by atoms with Crippen LogP contribution in [0, 0.1) is 0 Å². The molecule has 0 unspecified atom stereocenters. The third-order valence-electron chi connectivity index (χ3n) is 4.49. The van der Waals surface area contributed by atoms with Crippen molar-refractivity contribution in [1.82, 2.24) is 14.5 Å². The standard InChI is InChI=1S/C19H13F9N4O3/c1-16(34,18(23,24)25)8-13(33)31-15-29-11-6-7-12(17(20,21)22)30-14(11)32(15)9-2-4-10(5-3-9)35-19(26,27)28/h2-7,34H,8H2,1H3,(H,29,31,33)/t16-/m0/s1. The summed E-state index contributed by atoms with van der Waals surface area (Å²) in [6, 6.07) is 4.99. The van der Waals surface area contributed by atoms with Gasteiger partial charge in [-0.25, -0.2) is 9.97 Å². The number of imidazole rings is 1. The summed E-state index contributed by atoms with van der Waals surface area (Å²) in [5, 5.41) is 11.5. The predicted octanol–water partition coefficient (Wildman–Crippen LogP) is 4.98. The highest BCUT2D eigenvalue weighted by atomic mass is 19.4. The minimum Gasteiger partial charge on any atom is -0.406 e. The quantitative estimate of drug-likeness (QED) is 0.467. The smallest absolute Gasteiger partial charge is 0.406 e. The predicted molar refractivity (Wildman–Crippen MR) is 100 cm³/mol. The van der Waals surface area contributed by atoms with Gasteiger partial charge in [-0.2, -0.15) is 26.3 Å². The molecule has 0 radical (unpaired) electrons. The maximum absolute atomic E-state index is 13.2. The minimum absolute atomic E-state index is 0.160. The number of benzene rings is 1. The van der Waals surface area contributed by atoms with Crippen molar-refractivity contribution >= 4 is 23.0 Å². The number of carbonyl (C=O) groups is 1. The maximum atomic E-state index is 13.2. The molecule has 0 aliphatic rings. The maximum Gasteiger partial charge on any atom is 0.573 e. The van der Waals surface area contributed by atoms with E-state index in [2.05, 4.69) is 14.7 Å². The Labute approximate surface area is 189 Å². The van der Waals surface area contributed by atoms with Crippen molar-refractivity contribution < 1.29 is 54.2 Å². The second-order valence-electron chi connectivity index (χ2n) is 7.35. The molecule has 0 spiro atoms. The SMILES string of the molecule is C[C@](O)(CC(=O)Nc1nc2ccc(C(F)(F)F)nc2n1-c1ccc(OC(F)(F)F)cc1)C(F)(F)F. The normalized spacial score (nSPS) is 14.6. The molecule has 190 valence electrons. The van der Waals surface area contributed by atoms with Crippen LogP contribution in [0.15, 0.2) is 36.4 Å². The van der Waals surface area contributed by atoms with Crippen LogP contribution >= 0.6 is 0 Å². The summed E-state index contributed by atoms with van der Waals surface area (Å²) in [6.45, 7) is 0.339. The van der Waals surface area contributed by atoms with Crippen LogP contribution in [0.2, 0.25) is 0 Å². The molecule has 0 saturated heterocycles. The highest BCUT2D eigenvalue weighted by Gasteiger charge is 2.51. The van der Waals surface area contributed by atoms with Gasteiger partial charge < -0.3 is 9.84 Å². The van der Waals surface area contributed by atoms with E-state index in [1.54, 1.807) is 0 Å². The zero-order valence-electron chi connectivity index (χ0n) is 17.2. The minimum atomic E-state index is -5.18. The molecule has 3 rings (SSSR count). The number of halogens is 9. The second-order valence-corrected chi connectivity index (χ2v) is 7.35. The first-order valence-corrected chi connectivity index (χ1v) is 9.29. The number of alkyl halides is 9. The summed E-state index contributed by atoms with van der Waals surface area (Å²) in [4.78, 5) is 19.5. The fourth-order valence-corrected chi connectivity index (χ4v) is 2.82. The number of aromatic nitrogens is 3. The first-order chi connectivity index (χ1) is 15.9. The van der Waals surface area contributed by atoms with E-state index in [1.807, 2.05) is 5.32 Å². The number of carbonyl (C=O) groups excluding carboxylic acids is 1. The molecule has 1 atom stereocenters. The average Bonchev–Trinajstić information content (AvgIpc) is 3.02. The van der Waals surface area contributed by atoms with Gasteiger partial charge >= 0.3 is 18.7 Å². The van der Waals surface area contributed by atoms with E-state index >= 15 is 0 Å². The van der Waals surface area contributed by atoms with E-state index in [1.165, 1.54) is 0 Å². The second kappa shape index (κ2) is 8.58. The number of hydrogen-bond donors (Lipinski definition) is 2. The Morgan fingerprint density at radius 3 is 2.09 bits per heavy atom. The van der Waals surface area contributed by atoms with Crippen LogP contribution in [0.25, 0.3) is 16.9 Å². The molecule has 0 saturated carbocycles. The molecule has 0 aliphatic heterocycles. The number of ether oxygens (including phenoxy) is 1. The summed E-state index contributed by atoms with van der Waals surface area (Å²) in [7, 11) is 0. The molecule has 35 heavy (non-hydrogen) atoms. The first-order valence-electron chi connectivity index (χ1n) is 9.29. The van der Waals surface area contributed by atoms with E-state index in [-0.39, 0.29) is 11.2 Å². The Hall–Kier alpha value is -3.56. The van der Waals surface area contributed by atoms with Gasteiger partial charge in [0, 0.05) is 0 Å². The Morgan fingerprint density at radius 1 is 0.971 bits per heavy atom. The number of nitrogens with zero attached hydrogens (tertiary/aromatic N) is 3. The lowest BCUT2D eigenvalue weighted by Crippen LogP contribution is -2.45. The first kappa shape index (κ1) is 26.1. The molecule has 1 aromatic carbocycles. The van der Waals surface area contributed by atoms with Gasteiger partial charge in [-0.3, -0.25) is 14.7 Å². The number of amides is 1. The van der Waals surface area contributed by atoms with Crippen molar-refractivity contribution in [3.8, 4) is 11.4 Å². The van der Waals surface area contributed by atoms with Crippen LogP contribution in [0.5, 0.6) is 5.75 Å². The number of aliphatic hydroxyl groups is 1. The molecular weight excluding hydrogens is 503 g/mol. The van der Waals surface area contributed by atoms with Crippen LogP contribution in [0.1, 0.15) is 19.0 Å². The summed E-state index contributed by atoms with van der Waals surface area (Å²) < 4.78 is 120. The van der Waals surface area contributed by atoms with Crippen molar-refractivity contribution in [3.05, 3.63) is 42.1 Å². The molecule has 2 aromatic heterocycles. The van der Waals surface area contributed by atoms with Gasteiger partial charge in [-0.05, 0) is 43.3 Å². The summed E-state index contributed by atoms with van der Waals surface area (Å²) in [5.74, 6) is -2.68. The largest absolute Gasteiger partial charge is 0.573 e. The molecule has 3 aromatic rings. The molecule has 16 heteroatoms. The molecule has 2 N–H and O–H groups in total. The third kappa shape index (κ3) is 5.93. The molecule has 1 amide bonds. The lowest BCUT2D eigenvalue weighted by molar-refractivity contribution is -0.274. The zero-order chi connectivity index (χ0) is 26.4. The molecule has 2 heterocycles. The monoisotopic (exact) mass is 516 g/mol. The van der Waals surface area contributed by atoms with Gasteiger partial charge in [0.05, 0.1) is 12.1 Å². The topological polar surface area (TPSA) is 89.3 Å². The van der Waals surface area contributed by atoms with Crippen molar-refractivity contribution in [2.24, 2.45) is 0 Å². The Bertz CT molecular complexity index is 1230. The Kier molecular flexibility index (Phi) is 6.39. The van der Waals surface area contributed by atoms with E-state index < -0.39 is 59.7 Å². The summed E-state index contributed by atoms with van der Waals surface area (Å²) in [5.41, 5.74) is -5.71. The third-order valence-corrected chi connectivity index (χ3v) is 4.49. The van der Waals surface area contributed by atoms with Crippen LogP contribution in [0.4, 0.5) is 45.5 Å². The van der Waals surface area contributed by atoms with Gasteiger partial charge in [0.2, 0.25) is 11.9 Å². The van der Waals surface area contributed by atoms with Crippen molar-refractivity contribution in [2.45, 2.75) is 37.7 Å². The molecule has 7 nitrogen and oxygen atoms in total. The zero-order valence-corrected chi connectivity index (χ0v) is 17.2. The van der Waals surface area contributed by atoms with Gasteiger partial charge in [-0.1, -0.05) is 0 Å². The number of anilines is 1. The highest BCUT2D eigenvalue weighted by molar-refractivity contribution is 5.92. The van der Waals surface area contributed by atoms with Crippen molar-refractivity contribution in [3.63, 3.8) is 0 Å². The lowest BCUT2D eigenvalue weighted by Gasteiger charge is -2.25. The lowest BCUT2D eigenvalue weighted by atomic mass is 10.0. The van der Waals surface area contributed by atoms with Gasteiger partial charge in [0.15, 0.2) is 11.2 Å². The number of fused-ring (bicyclic) bond motifs is 1. The van der Waals surface area contributed by atoms with E-state index in [9.17, 15) is 49.4 Å². The fraction of sp³-hybridized carbons (Fsp3) is 0.316. The van der Waals surface area contributed by atoms with E-state index in [0.717, 1.165) is 34.9 Å². The summed E-state index contributed by atoms with van der Waals surface area (Å²) >= 11 is 0. The molecule has 0 bridgehead atoms. The molecule has 0 fully saturated rings. The fourth-order valence-electron chi connectivity index (χ4n) is 2.82. The van der Waals surface area contributed by atoms with Crippen LogP contribution in [-0.2, 0) is 11.0 Å². The van der Waals surface area contributed by atoms with Gasteiger partial charge in [-0.15, -0.1) is 13.2 Å². The van der Waals surface area contributed by atoms with E-state index in [4.69, 9.17) is 0 Å². The van der Waals surface area contributed by atoms with Gasteiger partial charge in [0.1, 0.15) is 17.0 Å². The number of pyridine rings is 1. The van der Waals surface area contributed by atoms with E-state index in [0.29, 0.717) is 13.0 Å². The highest BCUT2D eigenvalue weighted by Crippen LogP contribution is 2.34.